The van der Waals surface area contributed by atoms with Crippen LogP contribution in [-0.2, 0) is 11.3 Å². The van der Waals surface area contributed by atoms with Gasteiger partial charge in [-0.2, -0.15) is 0 Å². The second-order valence-corrected chi connectivity index (χ2v) is 5.93. The average Bonchev–Trinajstić information content (AvgIpc) is 2.87. The Morgan fingerprint density at radius 2 is 1.85 bits per heavy atom. The normalized spacial score (nSPS) is 18.4. The number of benzene rings is 1. The number of nitrogens with zero attached hydrogens (tertiary/aromatic N) is 2. The highest BCUT2D eigenvalue weighted by molar-refractivity contribution is 9.10. The molecule has 0 aromatic heterocycles. The number of rotatable bonds is 2. The zero-order valence-electron chi connectivity index (χ0n) is 11.4. The number of halogens is 1. The number of piperazine rings is 1. The van der Waals surface area contributed by atoms with Crippen LogP contribution in [0.25, 0.3) is 0 Å². The molecular weight excluding hydrogens is 324 g/mol. The Morgan fingerprint density at radius 1 is 1.20 bits per heavy atom. The predicted octanol–water partition coefficient (Wildman–Crippen LogP) is 1.84. The molecule has 0 radical (unpaired) electrons. The molecule has 1 aromatic carbocycles. The third-order valence-corrected chi connectivity index (χ3v) is 4.49. The molecule has 0 aliphatic carbocycles. The number of carbonyl (C=O) groups is 1. The van der Waals surface area contributed by atoms with E-state index in [1.54, 1.807) is 6.92 Å². The first-order valence-corrected chi connectivity index (χ1v) is 7.48. The van der Waals surface area contributed by atoms with Gasteiger partial charge in [0.2, 0.25) is 12.7 Å². The van der Waals surface area contributed by atoms with Crippen molar-refractivity contribution < 1.29 is 14.3 Å². The molecule has 0 unspecified atom stereocenters. The summed E-state index contributed by atoms with van der Waals surface area (Å²) in [6, 6.07) is 3.99. The first kappa shape index (κ1) is 13.7. The van der Waals surface area contributed by atoms with Crippen molar-refractivity contribution in [2.45, 2.75) is 13.5 Å². The highest BCUT2D eigenvalue weighted by Gasteiger charge is 2.21. The summed E-state index contributed by atoms with van der Waals surface area (Å²) in [7, 11) is 0. The van der Waals surface area contributed by atoms with E-state index in [0.717, 1.165) is 48.7 Å². The van der Waals surface area contributed by atoms with E-state index in [1.165, 1.54) is 5.56 Å². The predicted molar refractivity (Wildman–Crippen MR) is 77.8 cm³/mol. The van der Waals surface area contributed by atoms with Crippen molar-refractivity contribution in [2.75, 3.05) is 33.0 Å². The lowest BCUT2D eigenvalue weighted by atomic mass is 10.1. The van der Waals surface area contributed by atoms with Crippen LogP contribution in [0.15, 0.2) is 16.6 Å². The van der Waals surface area contributed by atoms with Crippen molar-refractivity contribution in [3.63, 3.8) is 0 Å². The number of carbonyl (C=O) groups excluding carboxylic acids is 1. The molecule has 0 bridgehead atoms. The number of amides is 1. The molecule has 20 heavy (non-hydrogen) atoms. The van der Waals surface area contributed by atoms with Crippen LogP contribution in [0.5, 0.6) is 11.5 Å². The molecule has 5 nitrogen and oxygen atoms in total. The number of hydrogen-bond acceptors (Lipinski definition) is 4. The van der Waals surface area contributed by atoms with E-state index in [2.05, 4.69) is 20.8 Å². The van der Waals surface area contributed by atoms with E-state index in [-0.39, 0.29) is 5.91 Å². The third kappa shape index (κ3) is 2.76. The maximum atomic E-state index is 11.3. The van der Waals surface area contributed by atoms with Crippen LogP contribution in [-0.4, -0.2) is 48.7 Å². The van der Waals surface area contributed by atoms with Crippen LogP contribution < -0.4 is 9.47 Å². The molecule has 2 aliphatic heterocycles. The Kier molecular flexibility index (Phi) is 3.85. The van der Waals surface area contributed by atoms with Crippen molar-refractivity contribution in [1.82, 2.24) is 9.80 Å². The maximum absolute atomic E-state index is 11.3. The van der Waals surface area contributed by atoms with E-state index in [0.29, 0.717) is 6.79 Å². The van der Waals surface area contributed by atoms with Crippen molar-refractivity contribution in [3.05, 3.63) is 22.2 Å². The van der Waals surface area contributed by atoms with Gasteiger partial charge in [-0.25, -0.2) is 0 Å². The highest BCUT2D eigenvalue weighted by atomic mass is 79.9. The first-order chi connectivity index (χ1) is 9.63. The van der Waals surface area contributed by atoms with Gasteiger partial charge in [-0.3, -0.25) is 9.69 Å². The maximum Gasteiger partial charge on any atom is 0.231 e. The van der Waals surface area contributed by atoms with E-state index in [1.807, 2.05) is 17.0 Å². The van der Waals surface area contributed by atoms with Gasteiger partial charge < -0.3 is 14.4 Å². The van der Waals surface area contributed by atoms with Gasteiger partial charge in [-0.1, -0.05) is 15.9 Å². The summed E-state index contributed by atoms with van der Waals surface area (Å²) >= 11 is 3.59. The number of fused-ring (bicyclic) bond motifs is 1. The minimum atomic E-state index is 0.161. The van der Waals surface area contributed by atoms with Gasteiger partial charge in [0.15, 0.2) is 11.5 Å². The summed E-state index contributed by atoms with van der Waals surface area (Å²) in [5.74, 6) is 1.77. The minimum Gasteiger partial charge on any atom is -0.454 e. The van der Waals surface area contributed by atoms with Crippen LogP contribution in [0, 0.1) is 0 Å². The Balaban J connectivity index is 1.66. The molecule has 1 aromatic rings. The lowest BCUT2D eigenvalue weighted by Gasteiger charge is -2.34. The van der Waals surface area contributed by atoms with Crippen molar-refractivity contribution in [3.8, 4) is 11.5 Å². The molecule has 1 amide bonds. The van der Waals surface area contributed by atoms with Gasteiger partial charge in [0.1, 0.15) is 0 Å². The van der Waals surface area contributed by atoms with Crippen LogP contribution in [0.2, 0.25) is 0 Å². The molecule has 0 spiro atoms. The average molecular weight is 341 g/mol. The van der Waals surface area contributed by atoms with Gasteiger partial charge >= 0.3 is 0 Å². The standard InChI is InChI=1S/C14H17BrN2O3/c1-10(18)17-4-2-16(3-5-17)8-11-6-13-14(7-12(11)15)20-9-19-13/h6-7H,2-5,8-9H2,1H3. The van der Waals surface area contributed by atoms with Crippen LogP contribution in [0.3, 0.4) is 0 Å². The summed E-state index contributed by atoms with van der Waals surface area (Å²) in [6.07, 6.45) is 0. The fourth-order valence-corrected chi connectivity index (χ4v) is 2.99. The largest absolute Gasteiger partial charge is 0.454 e. The van der Waals surface area contributed by atoms with Gasteiger partial charge in [-0.05, 0) is 17.7 Å². The summed E-state index contributed by atoms with van der Waals surface area (Å²) in [5, 5.41) is 0. The highest BCUT2D eigenvalue weighted by Crippen LogP contribution is 2.37. The molecule has 3 rings (SSSR count). The Bertz CT molecular complexity index is 527. The Labute approximate surface area is 126 Å². The SMILES string of the molecule is CC(=O)N1CCN(Cc2cc3c(cc2Br)OCO3)CC1. The molecule has 1 saturated heterocycles. The summed E-state index contributed by atoms with van der Waals surface area (Å²) in [4.78, 5) is 15.6. The first-order valence-electron chi connectivity index (χ1n) is 6.69. The lowest BCUT2D eigenvalue weighted by molar-refractivity contribution is -0.130. The van der Waals surface area contributed by atoms with Gasteiger partial charge in [-0.15, -0.1) is 0 Å². The Hall–Kier alpha value is -1.27. The number of hydrogen-bond donors (Lipinski definition) is 0. The van der Waals surface area contributed by atoms with Gasteiger partial charge in [0.25, 0.3) is 0 Å². The summed E-state index contributed by atoms with van der Waals surface area (Å²) in [5.41, 5.74) is 1.19. The van der Waals surface area contributed by atoms with Gasteiger partial charge in [0.05, 0.1) is 0 Å². The monoisotopic (exact) mass is 340 g/mol. The molecular formula is C14H17BrN2O3. The minimum absolute atomic E-state index is 0.161. The van der Waals surface area contributed by atoms with Crippen molar-refractivity contribution >= 4 is 21.8 Å². The molecule has 108 valence electrons. The molecule has 0 saturated carbocycles. The van der Waals surface area contributed by atoms with Gasteiger partial charge in [0, 0.05) is 44.1 Å². The second kappa shape index (κ2) is 5.61. The quantitative estimate of drug-likeness (QED) is 0.823. The van der Waals surface area contributed by atoms with E-state index >= 15 is 0 Å². The topological polar surface area (TPSA) is 42.0 Å². The lowest BCUT2D eigenvalue weighted by Crippen LogP contribution is -2.47. The third-order valence-electron chi connectivity index (χ3n) is 3.75. The molecule has 0 N–H and O–H groups in total. The van der Waals surface area contributed by atoms with Crippen LogP contribution in [0.4, 0.5) is 0 Å². The smallest absolute Gasteiger partial charge is 0.231 e. The second-order valence-electron chi connectivity index (χ2n) is 5.08. The molecule has 0 atom stereocenters. The Morgan fingerprint density at radius 3 is 2.50 bits per heavy atom. The fourth-order valence-electron chi connectivity index (χ4n) is 2.54. The molecule has 6 heteroatoms. The zero-order chi connectivity index (χ0) is 14.1. The van der Waals surface area contributed by atoms with E-state index < -0.39 is 0 Å². The molecule has 1 fully saturated rings. The molecule has 2 aliphatic rings. The number of ether oxygens (including phenoxy) is 2. The van der Waals surface area contributed by atoms with E-state index in [9.17, 15) is 4.79 Å². The van der Waals surface area contributed by atoms with Crippen LogP contribution in [0.1, 0.15) is 12.5 Å². The molecule has 2 heterocycles. The van der Waals surface area contributed by atoms with Crippen molar-refractivity contribution in [2.24, 2.45) is 0 Å². The van der Waals surface area contributed by atoms with Crippen molar-refractivity contribution in [1.29, 1.82) is 0 Å². The fraction of sp³-hybridized carbons (Fsp3) is 0.500. The summed E-state index contributed by atoms with van der Waals surface area (Å²) < 4.78 is 11.8. The zero-order valence-corrected chi connectivity index (χ0v) is 13.0. The van der Waals surface area contributed by atoms with Crippen LogP contribution >= 0.6 is 15.9 Å². The summed E-state index contributed by atoms with van der Waals surface area (Å²) in [6.45, 7) is 6.19. The van der Waals surface area contributed by atoms with E-state index in [4.69, 9.17) is 9.47 Å².